The molecule has 0 saturated carbocycles. The Balaban J connectivity index is 2.17. The summed E-state index contributed by atoms with van der Waals surface area (Å²) in [6.07, 6.45) is 2.50. The Morgan fingerprint density at radius 3 is 2.88 bits per heavy atom. The van der Waals surface area contributed by atoms with Crippen LogP contribution in [0.5, 0.6) is 0 Å². The van der Waals surface area contributed by atoms with Crippen LogP contribution in [-0.4, -0.2) is 17.8 Å². The highest BCUT2D eigenvalue weighted by molar-refractivity contribution is 7.09. The van der Waals surface area contributed by atoms with Gasteiger partial charge in [0, 0.05) is 23.2 Å². The number of carbonyl (C=O) groups is 1. The fraction of sp³-hybridized carbons (Fsp3) is 0.615. The highest BCUT2D eigenvalue weighted by Gasteiger charge is 2.13. The van der Waals surface area contributed by atoms with Crippen molar-refractivity contribution in [1.82, 2.24) is 5.32 Å². The molecule has 0 aliphatic carbocycles. The molecule has 96 valence electrons. The molecule has 17 heavy (non-hydrogen) atoms. The number of hydrogen-bond donors (Lipinski definition) is 1. The molecule has 1 heterocycles. The lowest BCUT2D eigenvalue weighted by Crippen LogP contribution is -2.37. The van der Waals surface area contributed by atoms with E-state index in [1.807, 2.05) is 19.9 Å². The van der Waals surface area contributed by atoms with Crippen molar-refractivity contribution in [3.05, 3.63) is 22.4 Å². The third-order valence-electron chi connectivity index (χ3n) is 2.89. The lowest BCUT2D eigenvalue weighted by atomic mass is 10.1. The number of halogens is 1. The Kier molecular flexibility index (Phi) is 6.60. The average Bonchev–Trinajstić information content (AvgIpc) is 2.80. The molecule has 2 unspecified atom stereocenters. The van der Waals surface area contributed by atoms with Crippen LogP contribution in [0.2, 0.25) is 0 Å². The van der Waals surface area contributed by atoms with Gasteiger partial charge in [-0.25, -0.2) is 0 Å². The largest absolute Gasteiger partial charge is 0.353 e. The zero-order valence-corrected chi connectivity index (χ0v) is 12.0. The Morgan fingerprint density at radius 2 is 2.29 bits per heavy atom. The van der Waals surface area contributed by atoms with E-state index in [4.69, 9.17) is 11.6 Å². The smallest absolute Gasteiger partial charge is 0.220 e. The fourth-order valence-electron chi connectivity index (χ4n) is 1.48. The van der Waals surface area contributed by atoms with Crippen LogP contribution in [0.1, 0.15) is 31.6 Å². The van der Waals surface area contributed by atoms with Gasteiger partial charge in [-0.3, -0.25) is 4.79 Å². The predicted molar refractivity (Wildman–Crippen MR) is 74.7 cm³/mol. The van der Waals surface area contributed by atoms with Crippen molar-refractivity contribution in [1.29, 1.82) is 0 Å². The minimum Gasteiger partial charge on any atom is -0.353 e. The SMILES string of the molecule is CC(CCl)C(C)NC(=O)CCCc1cccs1. The summed E-state index contributed by atoms with van der Waals surface area (Å²) >= 11 is 7.50. The first kappa shape index (κ1) is 14.5. The van der Waals surface area contributed by atoms with E-state index in [1.54, 1.807) is 11.3 Å². The van der Waals surface area contributed by atoms with Gasteiger partial charge in [-0.15, -0.1) is 22.9 Å². The maximum atomic E-state index is 11.7. The van der Waals surface area contributed by atoms with Gasteiger partial charge in [-0.1, -0.05) is 13.0 Å². The molecule has 0 aliphatic heterocycles. The van der Waals surface area contributed by atoms with Crippen LogP contribution in [0.25, 0.3) is 0 Å². The normalized spacial score (nSPS) is 14.3. The summed E-state index contributed by atoms with van der Waals surface area (Å²) in [6.45, 7) is 4.05. The third-order valence-corrected chi connectivity index (χ3v) is 4.32. The van der Waals surface area contributed by atoms with Crippen molar-refractivity contribution in [3.8, 4) is 0 Å². The number of nitrogens with one attached hydrogen (secondary N) is 1. The Labute approximate surface area is 112 Å². The zero-order chi connectivity index (χ0) is 12.7. The van der Waals surface area contributed by atoms with Crippen molar-refractivity contribution in [2.75, 3.05) is 5.88 Å². The van der Waals surface area contributed by atoms with Crippen molar-refractivity contribution in [2.24, 2.45) is 5.92 Å². The van der Waals surface area contributed by atoms with Crippen molar-refractivity contribution in [3.63, 3.8) is 0 Å². The van der Waals surface area contributed by atoms with Gasteiger partial charge in [-0.05, 0) is 37.1 Å². The van der Waals surface area contributed by atoms with E-state index in [0.29, 0.717) is 18.2 Å². The molecule has 2 atom stereocenters. The van der Waals surface area contributed by atoms with E-state index in [2.05, 4.69) is 16.8 Å². The third kappa shape index (κ3) is 5.55. The number of carbonyl (C=O) groups excluding carboxylic acids is 1. The first-order valence-corrected chi connectivity index (χ1v) is 7.42. The van der Waals surface area contributed by atoms with Gasteiger partial charge in [0.15, 0.2) is 0 Å². The minimum atomic E-state index is 0.131. The molecule has 1 rings (SSSR count). The highest BCUT2D eigenvalue weighted by Crippen LogP contribution is 2.12. The lowest BCUT2D eigenvalue weighted by molar-refractivity contribution is -0.122. The molecule has 0 aliphatic rings. The lowest BCUT2D eigenvalue weighted by Gasteiger charge is -2.18. The van der Waals surface area contributed by atoms with Gasteiger partial charge in [0.05, 0.1) is 0 Å². The molecule has 0 aromatic carbocycles. The van der Waals surface area contributed by atoms with Crippen LogP contribution >= 0.6 is 22.9 Å². The first-order chi connectivity index (χ1) is 8.13. The van der Waals surface area contributed by atoms with Crippen LogP contribution in [0, 0.1) is 5.92 Å². The van der Waals surface area contributed by atoms with E-state index in [0.717, 1.165) is 12.8 Å². The Hall–Kier alpha value is -0.540. The first-order valence-electron chi connectivity index (χ1n) is 6.01. The van der Waals surface area contributed by atoms with Gasteiger partial charge >= 0.3 is 0 Å². The standard InChI is InChI=1S/C13H20ClNOS/c1-10(9-14)11(2)15-13(16)7-3-5-12-6-4-8-17-12/h4,6,8,10-11H,3,5,7,9H2,1-2H3,(H,15,16). The summed E-state index contributed by atoms with van der Waals surface area (Å²) in [4.78, 5) is 13.0. The topological polar surface area (TPSA) is 29.1 Å². The molecule has 4 heteroatoms. The molecule has 1 amide bonds. The molecule has 0 fully saturated rings. The van der Waals surface area contributed by atoms with E-state index < -0.39 is 0 Å². The van der Waals surface area contributed by atoms with Crippen molar-refractivity contribution >= 4 is 28.8 Å². The van der Waals surface area contributed by atoms with E-state index in [9.17, 15) is 4.79 Å². The number of amides is 1. The summed E-state index contributed by atoms with van der Waals surface area (Å²) < 4.78 is 0. The van der Waals surface area contributed by atoms with Crippen LogP contribution in [-0.2, 0) is 11.2 Å². The molecular weight excluding hydrogens is 254 g/mol. The number of thiophene rings is 1. The number of alkyl halides is 1. The van der Waals surface area contributed by atoms with E-state index in [1.165, 1.54) is 4.88 Å². The summed E-state index contributed by atoms with van der Waals surface area (Å²) in [6, 6.07) is 4.31. The molecule has 0 radical (unpaired) electrons. The monoisotopic (exact) mass is 273 g/mol. The maximum Gasteiger partial charge on any atom is 0.220 e. The summed E-state index contributed by atoms with van der Waals surface area (Å²) in [5.74, 6) is 1.03. The number of rotatable bonds is 7. The van der Waals surface area contributed by atoms with Crippen molar-refractivity contribution < 1.29 is 4.79 Å². The molecule has 0 saturated heterocycles. The second-order valence-corrected chi connectivity index (χ2v) is 5.76. The molecular formula is C13H20ClNOS. The molecule has 0 spiro atoms. The van der Waals surface area contributed by atoms with Crippen molar-refractivity contribution in [2.45, 2.75) is 39.2 Å². The van der Waals surface area contributed by atoms with Crippen LogP contribution in [0.15, 0.2) is 17.5 Å². The maximum absolute atomic E-state index is 11.7. The second-order valence-electron chi connectivity index (χ2n) is 4.42. The zero-order valence-electron chi connectivity index (χ0n) is 10.4. The van der Waals surface area contributed by atoms with Gasteiger partial charge in [0.2, 0.25) is 5.91 Å². The summed E-state index contributed by atoms with van der Waals surface area (Å²) in [5, 5.41) is 5.06. The number of hydrogen-bond acceptors (Lipinski definition) is 2. The van der Waals surface area contributed by atoms with Gasteiger partial charge < -0.3 is 5.32 Å². The van der Waals surface area contributed by atoms with Gasteiger partial charge in [0.1, 0.15) is 0 Å². The summed E-state index contributed by atoms with van der Waals surface area (Å²) in [7, 11) is 0. The second kappa shape index (κ2) is 7.72. The molecule has 1 N–H and O–H groups in total. The predicted octanol–water partition coefficient (Wildman–Crippen LogP) is 3.45. The van der Waals surface area contributed by atoms with Gasteiger partial charge in [0.25, 0.3) is 0 Å². The molecule has 2 nitrogen and oxygen atoms in total. The highest BCUT2D eigenvalue weighted by atomic mass is 35.5. The van der Waals surface area contributed by atoms with E-state index >= 15 is 0 Å². The minimum absolute atomic E-state index is 0.131. The molecule has 1 aromatic heterocycles. The average molecular weight is 274 g/mol. The Bertz CT molecular complexity index is 326. The Morgan fingerprint density at radius 1 is 1.53 bits per heavy atom. The fourth-order valence-corrected chi connectivity index (χ4v) is 2.50. The van der Waals surface area contributed by atoms with Gasteiger partial charge in [-0.2, -0.15) is 0 Å². The number of aryl methyl sites for hydroxylation is 1. The quantitative estimate of drug-likeness (QED) is 0.758. The van der Waals surface area contributed by atoms with Crippen LogP contribution in [0.4, 0.5) is 0 Å². The molecule has 1 aromatic rings. The summed E-state index contributed by atoms with van der Waals surface area (Å²) in [5.41, 5.74) is 0. The molecule has 0 bridgehead atoms. The van der Waals surface area contributed by atoms with E-state index in [-0.39, 0.29) is 11.9 Å². The van der Waals surface area contributed by atoms with Crippen LogP contribution in [0.3, 0.4) is 0 Å². The van der Waals surface area contributed by atoms with Crippen LogP contribution < -0.4 is 5.32 Å².